The fraction of sp³-hybridized carbons (Fsp3) is 0.444. The molecular weight excluding hydrogens is 178 g/mol. The van der Waals surface area contributed by atoms with Crippen LogP contribution < -0.4 is 5.32 Å². The molecule has 0 spiro atoms. The summed E-state index contributed by atoms with van der Waals surface area (Å²) in [4.78, 5) is 8.39. The van der Waals surface area contributed by atoms with Crippen LogP contribution in [-0.2, 0) is 7.05 Å². The first-order valence-corrected chi connectivity index (χ1v) is 4.62. The molecule has 0 amide bonds. The van der Waals surface area contributed by atoms with Crippen LogP contribution in [0.5, 0.6) is 0 Å². The fourth-order valence-corrected chi connectivity index (χ4v) is 1.58. The Hall–Kier alpha value is -1.65. The Labute approximate surface area is 82.2 Å². The van der Waals surface area contributed by atoms with E-state index in [0.29, 0.717) is 0 Å². The minimum absolute atomic E-state index is 0.848. The van der Waals surface area contributed by atoms with Gasteiger partial charge in [0.1, 0.15) is 12.1 Å². The highest BCUT2D eigenvalue weighted by Gasteiger charge is 2.10. The number of fused-ring (bicyclic) bond motifs is 1. The maximum atomic E-state index is 4.31. The van der Waals surface area contributed by atoms with Gasteiger partial charge >= 0.3 is 0 Å². The van der Waals surface area contributed by atoms with Crippen molar-refractivity contribution in [2.75, 3.05) is 11.9 Å². The summed E-state index contributed by atoms with van der Waals surface area (Å²) < 4.78 is 1.77. The molecule has 74 valence electrons. The van der Waals surface area contributed by atoms with E-state index in [4.69, 9.17) is 0 Å². The molecule has 0 fully saturated rings. The minimum atomic E-state index is 0.848. The van der Waals surface area contributed by atoms with Crippen LogP contribution in [0.15, 0.2) is 6.33 Å². The minimum Gasteiger partial charge on any atom is -0.370 e. The summed E-state index contributed by atoms with van der Waals surface area (Å²) in [7, 11) is 1.89. The molecule has 0 unspecified atom stereocenters. The summed E-state index contributed by atoms with van der Waals surface area (Å²) in [6, 6.07) is 0. The van der Waals surface area contributed by atoms with E-state index in [9.17, 15) is 0 Å². The largest absolute Gasteiger partial charge is 0.370 e. The third-order valence-corrected chi connectivity index (χ3v) is 2.14. The molecule has 2 aromatic heterocycles. The zero-order chi connectivity index (χ0) is 10.1. The van der Waals surface area contributed by atoms with E-state index in [1.54, 1.807) is 11.0 Å². The van der Waals surface area contributed by atoms with Crippen molar-refractivity contribution in [3.63, 3.8) is 0 Å². The number of anilines is 1. The van der Waals surface area contributed by atoms with Crippen LogP contribution in [0.25, 0.3) is 11.0 Å². The lowest BCUT2D eigenvalue weighted by molar-refractivity contribution is 0.773. The van der Waals surface area contributed by atoms with Gasteiger partial charge in [-0.25, -0.2) is 9.97 Å². The van der Waals surface area contributed by atoms with Crippen molar-refractivity contribution >= 4 is 16.9 Å². The molecule has 2 heterocycles. The van der Waals surface area contributed by atoms with E-state index < -0.39 is 0 Å². The average Bonchev–Trinajstić information content (AvgIpc) is 2.44. The molecule has 0 radical (unpaired) electrons. The van der Waals surface area contributed by atoms with Crippen molar-refractivity contribution in [1.29, 1.82) is 0 Å². The molecule has 0 aromatic carbocycles. The quantitative estimate of drug-likeness (QED) is 0.772. The summed E-state index contributed by atoms with van der Waals surface area (Å²) in [5.74, 6) is 0.864. The Kier molecular flexibility index (Phi) is 2.07. The van der Waals surface area contributed by atoms with Gasteiger partial charge in [-0.15, -0.1) is 0 Å². The average molecular weight is 191 g/mol. The lowest BCUT2D eigenvalue weighted by Gasteiger charge is -2.02. The van der Waals surface area contributed by atoms with Gasteiger partial charge in [0.2, 0.25) is 0 Å². The van der Waals surface area contributed by atoms with Crippen molar-refractivity contribution in [3.05, 3.63) is 12.0 Å². The van der Waals surface area contributed by atoms with Crippen molar-refractivity contribution < 1.29 is 0 Å². The maximum absolute atomic E-state index is 4.31. The molecule has 2 rings (SSSR count). The van der Waals surface area contributed by atoms with Gasteiger partial charge in [0, 0.05) is 13.6 Å². The SMILES string of the molecule is CCNc1ncnc2c1c(C)nn2C. The van der Waals surface area contributed by atoms with Gasteiger partial charge in [0.25, 0.3) is 0 Å². The summed E-state index contributed by atoms with van der Waals surface area (Å²) >= 11 is 0. The van der Waals surface area contributed by atoms with Crippen LogP contribution >= 0.6 is 0 Å². The fourth-order valence-electron chi connectivity index (χ4n) is 1.58. The van der Waals surface area contributed by atoms with Gasteiger partial charge in [0.15, 0.2) is 5.65 Å². The molecule has 0 bridgehead atoms. The van der Waals surface area contributed by atoms with Crippen LogP contribution in [0.4, 0.5) is 5.82 Å². The number of nitrogens with one attached hydrogen (secondary N) is 1. The summed E-state index contributed by atoms with van der Waals surface area (Å²) in [6.45, 7) is 4.85. The van der Waals surface area contributed by atoms with Crippen molar-refractivity contribution in [3.8, 4) is 0 Å². The molecule has 0 saturated carbocycles. The number of aryl methyl sites for hydroxylation is 2. The van der Waals surface area contributed by atoms with E-state index in [1.807, 2.05) is 20.9 Å². The topological polar surface area (TPSA) is 55.6 Å². The van der Waals surface area contributed by atoms with Gasteiger partial charge in [-0.2, -0.15) is 5.10 Å². The van der Waals surface area contributed by atoms with Gasteiger partial charge in [0.05, 0.1) is 11.1 Å². The molecule has 2 aromatic rings. The second-order valence-corrected chi connectivity index (χ2v) is 3.16. The molecule has 1 N–H and O–H groups in total. The summed E-state index contributed by atoms with van der Waals surface area (Å²) in [5.41, 5.74) is 1.83. The van der Waals surface area contributed by atoms with Gasteiger partial charge in [-0.3, -0.25) is 4.68 Å². The van der Waals surface area contributed by atoms with Crippen LogP contribution in [0.3, 0.4) is 0 Å². The highest BCUT2D eigenvalue weighted by atomic mass is 15.3. The Balaban J connectivity index is 2.72. The first kappa shape index (κ1) is 8.93. The van der Waals surface area contributed by atoms with Crippen LogP contribution in [0.1, 0.15) is 12.6 Å². The Morgan fingerprint density at radius 3 is 2.93 bits per heavy atom. The molecule has 0 aliphatic heterocycles. The molecule has 5 heteroatoms. The Morgan fingerprint density at radius 2 is 2.21 bits per heavy atom. The number of hydrogen-bond acceptors (Lipinski definition) is 4. The zero-order valence-electron chi connectivity index (χ0n) is 8.57. The monoisotopic (exact) mass is 191 g/mol. The van der Waals surface area contributed by atoms with Crippen LogP contribution in [-0.4, -0.2) is 26.3 Å². The third-order valence-electron chi connectivity index (χ3n) is 2.14. The normalized spacial score (nSPS) is 10.8. The molecule has 5 nitrogen and oxygen atoms in total. The number of aromatic nitrogens is 4. The molecule has 14 heavy (non-hydrogen) atoms. The molecule has 0 saturated heterocycles. The third kappa shape index (κ3) is 1.21. The van der Waals surface area contributed by atoms with Crippen LogP contribution in [0.2, 0.25) is 0 Å². The smallest absolute Gasteiger partial charge is 0.163 e. The summed E-state index contributed by atoms with van der Waals surface area (Å²) in [5, 5.41) is 8.52. The second-order valence-electron chi connectivity index (χ2n) is 3.16. The zero-order valence-corrected chi connectivity index (χ0v) is 8.57. The summed E-state index contributed by atoms with van der Waals surface area (Å²) in [6.07, 6.45) is 1.56. The second kappa shape index (κ2) is 3.25. The molecule has 0 atom stereocenters. The first-order chi connectivity index (χ1) is 6.74. The molecular formula is C9H13N5. The lowest BCUT2D eigenvalue weighted by atomic mass is 10.3. The Bertz CT molecular complexity index is 459. The standard InChI is InChI=1S/C9H13N5/c1-4-10-8-7-6(2)13-14(3)9(7)12-5-11-8/h5H,4H2,1-3H3,(H,10,11,12). The maximum Gasteiger partial charge on any atom is 0.163 e. The molecule has 0 aliphatic carbocycles. The Morgan fingerprint density at radius 1 is 1.43 bits per heavy atom. The predicted molar refractivity (Wildman–Crippen MR) is 55.2 cm³/mol. The highest BCUT2D eigenvalue weighted by molar-refractivity contribution is 5.88. The van der Waals surface area contributed by atoms with E-state index in [1.165, 1.54) is 0 Å². The van der Waals surface area contributed by atoms with E-state index in [2.05, 4.69) is 20.4 Å². The van der Waals surface area contributed by atoms with Crippen LogP contribution in [0, 0.1) is 6.92 Å². The van der Waals surface area contributed by atoms with Gasteiger partial charge in [-0.1, -0.05) is 0 Å². The number of nitrogens with zero attached hydrogens (tertiary/aromatic N) is 4. The molecule has 0 aliphatic rings. The van der Waals surface area contributed by atoms with E-state index in [0.717, 1.165) is 29.1 Å². The van der Waals surface area contributed by atoms with Crippen molar-refractivity contribution in [2.45, 2.75) is 13.8 Å². The van der Waals surface area contributed by atoms with Crippen molar-refractivity contribution in [2.24, 2.45) is 7.05 Å². The number of hydrogen-bond donors (Lipinski definition) is 1. The highest BCUT2D eigenvalue weighted by Crippen LogP contribution is 2.21. The van der Waals surface area contributed by atoms with Gasteiger partial charge < -0.3 is 5.32 Å². The van der Waals surface area contributed by atoms with E-state index in [-0.39, 0.29) is 0 Å². The lowest BCUT2D eigenvalue weighted by Crippen LogP contribution is -2.01. The van der Waals surface area contributed by atoms with Crippen molar-refractivity contribution in [1.82, 2.24) is 19.7 Å². The van der Waals surface area contributed by atoms with Gasteiger partial charge in [-0.05, 0) is 13.8 Å². The number of rotatable bonds is 2. The van der Waals surface area contributed by atoms with E-state index >= 15 is 0 Å². The predicted octanol–water partition coefficient (Wildman–Crippen LogP) is 1.10. The first-order valence-electron chi connectivity index (χ1n) is 4.62.